The lowest BCUT2D eigenvalue weighted by molar-refractivity contribution is 0.0675. The lowest BCUT2D eigenvalue weighted by atomic mass is 10.2. The van der Waals surface area contributed by atoms with E-state index in [9.17, 15) is 4.39 Å². The van der Waals surface area contributed by atoms with Gasteiger partial charge in [-0.3, -0.25) is 0 Å². The van der Waals surface area contributed by atoms with Crippen LogP contribution in [0.2, 0.25) is 0 Å². The molecule has 1 aliphatic rings. The Labute approximate surface area is 96.5 Å². The van der Waals surface area contributed by atoms with Crippen molar-refractivity contribution in [1.82, 2.24) is 0 Å². The van der Waals surface area contributed by atoms with Gasteiger partial charge in [0.15, 0.2) is 0 Å². The molecule has 1 aromatic rings. The fourth-order valence-corrected chi connectivity index (χ4v) is 1.93. The van der Waals surface area contributed by atoms with Gasteiger partial charge in [-0.25, -0.2) is 4.39 Å². The Morgan fingerprint density at radius 3 is 3.13 bits per heavy atom. The van der Waals surface area contributed by atoms with Gasteiger partial charge < -0.3 is 9.47 Å². The van der Waals surface area contributed by atoms with Gasteiger partial charge in [0.25, 0.3) is 0 Å². The van der Waals surface area contributed by atoms with Crippen LogP contribution in [0, 0.1) is 5.82 Å². The van der Waals surface area contributed by atoms with Gasteiger partial charge >= 0.3 is 0 Å². The molecule has 1 unspecified atom stereocenters. The van der Waals surface area contributed by atoms with Crippen molar-refractivity contribution in [3.63, 3.8) is 0 Å². The summed E-state index contributed by atoms with van der Waals surface area (Å²) in [6.45, 7) is 1.29. The maximum atomic E-state index is 13.1. The minimum atomic E-state index is -0.306. The maximum absolute atomic E-state index is 13.1. The number of hydrogen-bond acceptors (Lipinski definition) is 2. The van der Waals surface area contributed by atoms with Crippen molar-refractivity contribution in [3.8, 4) is 5.75 Å². The average molecular weight is 275 g/mol. The molecule has 2 rings (SSSR count). The molecule has 0 aliphatic carbocycles. The number of rotatable bonds is 3. The van der Waals surface area contributed by atoms with Crippen LogP contribution in [0.3, 0.4) is 0 Å². The molecule has 82 valence electrons. The fourth-order valence-electron chi connectivity index (χ4n) is 1.55. The summed E-state index contributed by atoms with van der Waals surface area (Å²) in [6.07, 6.45) is 2.26. The third-order valence-electron chi connectivity index (χ3n) is 2.36. The zero-order chi connectivity index (χ0) is 10.7. The molecule has 1 aliphatic heterocycles. The fraction of sp³-hybridized carbons (Fsp3) is 0.455. The summed E-state index contributed by atoms with van der Waals surface area (Å²) in [4.78, 5) is 0. The van der Waals surface area contributed by atoms with E-state index in [1.807, 2.05) is 0 Å². The van der Waals surface area contributed by atoms with Crippen molar-refractivity contribution in [2.24, 2.45) is 0 Å². The quantitative estimate of drug-likeness (QED) is 0.843. The van der Waals surface area contributed by atoms with Crippen LogP contribution in [0.4, 0.5) is 4.39 Å². The molecule has 1 saturated heterocycles. The normalized spacial score (nSPS) is 20.5. The van der Waals surface area contributed by atoms with Crippen molar-refractivity contribution in [2.45, 2.75) is 18.9 Å². The predicted molar refractivity (Wildman–Crippen MR) is 58.6 cm³/mol. The largest absolute Gasteiger partial charge is 0.490 e. The Hall–Kier alpha value is -0.610. The van der Waals surface area contributed by atoms with Crippen LogP contribution < -0.4 is 4.74 Å². The molecule has 1 aromatic carbocycles. The molecule has 1 atom stereocenters. The van der Waals surface area contributed by atoms with E-state index >= 15 is 0 Å². The van der Waals surface area contributed by atoms with Crippen molar-refractivity contribution in [2.75, 3.05) is 13.2 Å². The third kappa shape index (κ3) is 2.69. The summed E-state index contributed by atoms with van der Waals surface area (Å²) < 4.78 is 24.4. The summed E-state index contributed by atoms with van der Waals surface area (Å²) in [5.74, 6) is 0.227. The summed E-state index contributed by atoms with van der Waals surface area (Å²) in [7, 11) is 0. The van der Waals surface area contributed by atoms with Gasteiger partial charge in [0, 0.05) is 6.61 Å². The Morgan fingerprint density at radius 1 is 1.53 bits per heavy atom. The van der Waals surface area contributed by atoms with Gasteiger partial charge in [0.2, 0.25) is 0 Å². The SMILES string of the molecule is Fc1cccc(OCC2CCCO2)c1Br. The smallest absolute Gasteiger partial charge is 0.141 e. The van der Waals surface area contributed by atoms with Crippen LogP contribution in [0.1, 0.15) is 12.8 Å². The van der Waals surface area contributed by atoms with Crippen LogP contribution in [-0.2, 0) is 4.74 Å². The van der Waals surface area contributed by atoms with Gasteiger partial charge in [0.1, 0.15) is 18.2 Å². The summed E-state index contributed by atoms with van der Waals surface area (Å²) in [5.41, 5.74) is 0. The first-order valence-electron chi connectivity index (χ1n) is 4.96. The van der Waals surface area contributed by atoms with E-state index in [0.717, 1.165) is 19.4 Å². The van der Waals surface area contributed by atoms with Gasteiger partial charge in [-0.05, 0) is 40.9 Å². The molecule has 0 N–H and O–H groups in total. The van der Waals surface area contributed by atoms with Crippen molar-refractivity contribution < 1.29 is 13.9 Å². The number of halogens is 2. The second-order valence-corrected chi connectivity index (χ2v) is 4.29. The minimum Gasteiger partial charge on any atom is -0.490 e. The molecule has 4 heteroatoms. The van der Waals surface area contributed by atoms with E-state index in [2.05, 4.69) is 15.9 Å². The zero-order valence-electron chi connectivity index (χ0n) is 8.21. The molecule has 1 fully saturated rings. The van der Waals surface area contributed by atoms with E-state index < -0.39 is 0 Å². The highest BCUT2D eigenvalue weighted by Gasteiger charge is 2.16. The molecular weight excluding hydrogens is 263 g/mol. The second-order valence-electron chi connectivity index (χ2n) is 3.50. The first kappa shape index (κ1) is 10.9. The molecule has 2 nitrogen and oxygen atoms in total. The van der Waals surface area contributed by atoms with Crippen molar-refractivity contribution in [3.05, 3.63) is 28.5 Å². The molecule has 1 heterocycles. The van der Waals surface area contributed by atoms with E-state index in [1.165, 1.54) is 6.07 Å². The van der Waals surface area contributed by atoms with Crippen LogP contribution in [0.15, 0.2) is 22.7 Å². The maximum Gasteiger partial charge on any atom is 0.141 e. The van der Waals surface area contributed by atoms with Crippen LogP contribution >= 0.6 is 15.9 Å². The van der Waals surface area contributed by atoms with E-state index in [-0.39, 0.29) is 11.9 Å². The highest BCUT2D eigenvalue weighted by Crippen LogP contribution is 2.28. The zero-order valence-corrected chi connectivity index (χ0v) is 9.80. The summed E-state index contributed by atoms with van der Waals surface area (Å²) in [6, 6.07) is 4.76. The first-order chi connectivity index (χ1) is 7.27. The van der Waals surface area contributed by atoms with Crippen LogP contribution in [0.25, 0.3) is 0 Å². The second kappa shape index (κ2) is 4.94. The van der Waals surface area contributed by atoms with E-state index in [0.29, 0.717) is 16.8 Å². The molecule has 0 amide bonds. The molecule has 0 bridgehead atoms. The van der Waals surface area contributed by atoms with Gasteiger partial charge in [-0.1, -0.05) is 6.07 Å². The highest BCUT2D eigenvalue weighted by molar-refractivity contribution is 9.10. The topological polar surface area (TPSA) is 18.5 Å². The van der Waals surface area contributed by atoms with Crippen LogP contribution in [-0.4, -0.2) is 19.3 Å². The number of ether oxygens (including phenoxy) is 2. The lowest BCUT2D eigenvalue weighted by Crippen LogP contribution is -2.16. The summed E-state index contributed by atoms with van der Waals surface area (Å²) >= 11 is 3.15. The monoisotopic (exact) mass is 274 g/mol. The Bertz CT molecular complexity index is 337. The number of benzene rings is 1. The van der Waals surface area contributed by atoms with Gasteiger partial charge in [0.05, 0.1) is 10.6 Å². The predicted octanol–water partition coefficient (Wildman–Crippen LogP) is 3.15. The molecule has 15 heavy (non-hydrogen) atoms. The molecule has 0 spiro atoms. The first-order valence-corrected chi connectivity index (χ1v) is 5.75. The van der Waals surface area contributed by atoms with Crippen molar-refractivity contribution in [1.29, 1.82) is 0 Å². The molecule has 0 radical (unpaired) electrons. The van der Waals surface area contributed by atoms with Gasteiger partial charge in [-0.15, -0.1) is 0 Å². The van der Waals surface area contributed by atoms with Crippen molar-refractivity contribution >= 4 is 15.9 Å². The van der Waals surface area contributed by atoms with Crippen LogP contribution in [0.5, 0.6) is 5.75 Å². The summed E-state index contributed by atoms with van der Waals surface area (Å²) in [5, 5.41) is 0. The third-order valence-corrected chi connectivity index (χ3v) is 3.13. The highest BCUT2D eigenvalue weighted by atomic mass is 79.9. The Balaban J connectivity index is 1.95. The lowest BCUT2D eigenvalue weighted by Gasteiger charge is -2.12. The van der Waals surface area contributed by atoms with E-state index in [1.54, 1.807) is 12.1 Å². The van der Waals surface area contributed by atoms with Gasteiger partial charge in [-0.2, -0.15) is 0 Å². The average Bonchev–Trinajstić information content (AvgIpc) is 2.73. The molecule has 0 saturated carbocycles. The minimum absolute atomic E-state index is 0.153. The standard InChI is InChI=1S/C11H12BrFO2/c12-11-9(13)4-1-5-10(11)15-7-8-3-2-6-14-8/h1,4-5,8H,2-3,6-7H2. The molecule has 0 aromatic heterocycles. The Kier molecular flexibility index (Phi) is 3.59. The Morgan fingerprint density at radius 2 is 2.40 bits per heavy atom. The van der Waals surface area contributed by atoms with E-state index in [4.69, 9.17) is 9.47 Å². The molecular formula is C11H12BrFO2. The number of hydrogen-bond donors (Lipinski definition) is 0.